The van der Waals surface area contributed by atoms with Crippen LogP contribution in [0.2, 0.25) is 0 Å². The van der Waals surface area contributed by atoms with Crippen molar-refractivity contribution in [3.63, 3.8) is 0 Å². The molecule has 0 spiro atoms. The molecule has 1 heterocycles. The Labute approximate surface area is 194 Å². The van der Waals surface area contributed by atoms with E-state index in [4.69, 9.17) is 4.74 Å². The molecule has 0 saturated heterocycles. The van der Waals surface area contributed by atoms with Crippen LogP contribution in [0, 0.1) is 6.92 Å². The molecule has 3 aromatic carbocycles. The fourth-order valence-corrected chi connectivity index (χ4v) is 5.04. The van der Waals surface area contributed by atoms with Gasteiger partial charge in [-0.1, -0.05) is 42.1 Å². The number of thiazole rings is 1. The summed E-state index contributed by atoms with van der Waals surface area (Å²) in [5.74, 6) is 0.569. The summed E-state index contributed by atoms with van der Waals surface area (Å²) in [6.45, 7) is 1.91. The fourth-order valence-electron chi connectivity index (χ4n) is 3.13. The summed E-state index contributed by atoms with van der Waals surface area (Å²) in [6, 6.07) is 20.4. The van der Waals surface area contributed by atoms with Crippen LogP contribution >= 0.6 is 23.1 Å². The zero-order chi connectivity index (χ0) is 22.5. The SMILES string of the molecule is COc1ccccc1NC(=O)CSc1nc2ccc(NC(=O)c3ccccc3C)cc2s1. The van der Waals surface area contributed by atoms with E-state index in [9.17, 15) is 9.59 Å². The van der Waals surface area contributed by atoms with Crippen molar-refractivity contribution in [2.75, 3.05) is 23.5 Å². The molecule has 6 nitrogen and oxygen atoms in total. The monoisotopic (exact) mass is 463 g/mol. The first kappa shape index (κ1) is 21.9. The van der Waals surface area contributed by atoms with Gasteiger partial charge in [0.2, 0.25) is 5.91 Å². The maximum Gasteiger partial charge on any atom is 0.255 e. The molecule has 32 heavy (non-hydrogen) atoms. The summed E-state index contributed by atoms with van der Waals surface area (Å²) >= 11 is 2.86. The number of amides is 2. The van der Waals surface area contributed by atoms with Gasteiger partial charge in [-0.2, -0.15) is 0 Å². The van der Waals surface area contributed by atoms with Gasteiger partial charge in [0, 0.05) is 11.3 Å². The first-order chi connectivity index (χ1) is 15.5. The molecule has 0 radical (unpaired) electrons. The Bertz CT molecular complexity index is 1290. The largest absolute Gasteiger partial charge is 0.495 e. The van der Waals surface area contributed by atoms with Crippen LogP contribution in [-0.2, 0) is 4.79 Å². The van der Waals surface area contributed by atoms with Crippen LogP contribution in [0.4, 0.5) is 11.4 Å². The number of hydrogen-bond acceptors (Lipinski definition) is 6. The third-order valence-electron chi connectivity index (χ3n) is 4.72. The van der Waals surface area contributed by atoms with E-state index >= 15 is 0 Å². The normalized spacial score (nSPS) is 10.7. The molecule has 0 atom stereocenters. The molecular weight excluding hydrogens is 442 g/mol. The minimum Gasteiger partial charge on any atom is -0.495 e. The fraction of sp³-hybridized carbons (Fsp3) is 0.125. The Hall–Kier alpha value is -3.36. The minimum atomic E-state index is -0.144. The smallest absolute Gasteiger partial charge is 0.255 e. The highest BCUT2D eigenvalue weighted by Crippen LogP contribution is 2.32. The lowest BCUT2D eigenvalue weighted by molar-refractivity contribution is -0.113. The Kier molecular flexibility index (Phi) is 6.72. The van der Waals surface area contributed by atoms with Crippen molar-refractivity contribution in [3.05, 3.63) is 77.9 Å². The first-order valence-electron chi connectivity index (χ1n) is 9.87. The van der Waals surface area contributed by atoms with Crippen LogP contribution < -0.4 is 15.4 Å². The van der Waals surface area contributed by atoms with Crippen molar-refractivity contribution in [2.45, 2.75) is 11.3 Å². The van der Waals surface area contributed by atoms with E-state index in [2.05, 4.69) is 15.6 Å². The molecule has 4 rings (SSSR count). The van der Waals surface area contributed by atoms with Crippen molar-refractivity contribution < 1.29 is 14.3 Å². The Morgan fingerprint density at radius 2 is 1.81 bits per heavy atom. The minimum absolute atomic E-state index is 0.134. The van der Waals surface area contributed by atoms with Crippen LogP contribution in [0.15, 0.2) is 71.1 Å². The van der Waals surface area contributed by atoms with E-state index in [1.165, 1.54) is 23.1 Å². The van der Waals surface area contributed by atoms with E-state index in [0.717, 1.165) is 20.1 Å². The van der Waals surface area contributed by atoms with E-state index in [1.807, 2.05) is 55.5 Å². The number of nitrogens with zero attached hydrogens (tertiary/aromatic N) is 1. The average molecular weight is 464 g/mol. The molecule has 0 bridgehead atoms. The number of aromatic nitrogens is 1. The second kappa shape index (κ2) is 9.84. The van der Waals surface area contributed by atoms with Gasteiger partial charge in [-0.15, -0.1) is 11.3 Å². The van der Waals surface area contributed by atoms with Crippen LogP contribution in [0.25, 0.3) is 10.2 Å². The molecule has 4 aromatic rings. The second-order valence-electron chi connectivity index (χ2n) is 6.97. The van der Waals surface area contributed by atoms with E-state index < -0.39 is 0 Å². The van der Waals surface area contributed by atoms with Gasteiger partial charge >= 0.3 is 0 Å². The van der Waals surface area contributed by atoms with Gasteiger partial charge in [0.25, 0.3) is 5.91 Å². The summed E-state index contributed by atoms with van der Waals surface area (Å²) in [6.07, 6.45) is 0. The number of anilines is 2. The van der Waals surface area contributed by atoms with Crippen LogP contribution in [0.3, 0.4) is 0 Å². The summed E-state index contributed by atoms with van der Waals surface area (Å²) in [5, 5.41) is 5.81. The summed E-state index contributed by atoms with van der Waals surface area (Å²) < 4.78 is 6.99. The van der Waals surface area contributed by atoms with Crippen molar-refractivity contribution in [3.8, 4) is 5.75 Å². The van der Waals surface area contributed by atoms with E-state index in [-0.39, 0.29) is 17.6 Å². The first-order valence-corrected chi connectivity index (χ1v) is 11.7. The number of methoxy groups -OCH3 is 1. The number of ether oxygens (including phenoxy) is 1. The quantitative estimate of drug-likeness (QED) is 0.349. The highest BCUT2D eigenvalue weighted by Gasteiger charge is 2.12. The lowest BCUT2D eigenvalue weighted by atomic mass is 10.1. The molecule has 1 aromatic heterocycles. The molecule has 8 heteroatoms. The zero-order valence-electron chi connectivity index (χ0n) is 17.5. The topological polar surface area (TPSA) is 80.3 Å². The highest BCUT2D eigenvalue weighted by atomic mass is 32.2. The predicted octanol–water partition coefficient (Wildman–Crippen LogP) is 5.60. The number of carbonyl (C=O) groups excluding carboxylic acids is 2. The molecule has 0 saturated carbocycles. The molecule has 0 aliphatic heterocycles. The number of fused-ring (bicyclic) bond motifs is 1. The number of benzene rings is 3. The van der Waals surface area contributed by atoms with Crippen LogP contribution in [-0.4, -0.2) is 29.7 Å². The van der Waals surface area contributed by atoms with Crippen LogP contribution in [0.5, 0.6) is 5.75 Å². The van der Waals surface area contributed by atoms with Gasteiger partial charge in [-0.3, -0.25) is 9.59 Å². The maximum absolute atomic E-state index is 12.6. The van der Waals surface area contributed by atoms with Gasteiger partial charge in [0.15, 0.2) is 4.34 Å². The Balaban J connectivity index is 1.40. The Morgan fingerprint density at radius 1 is 1.03 bits per heavy atom. The number of carbonyl (C=O) groups is 2. The van der Waals surface area contributed by atoms with Gasteiger partial charge in [-0.25, -0.2) is 4.98 Å². The van der Waals surface area contributed by atoms with Crippen molar-refractivity contribution >= 4 is 56.5 Å². The molecule has 2 N–H and O–H groups in total. The number of nitrogens with one attached hydrogen (secondary N) is 2. The lowest BCUT2D eigenvalue weighted by Gasteiger charge is -2.09. The number of aryl methyl sites for hydroxylation is 1. The summed E-state index contributed by atoms with van der Waals surface area (Å²) in [5.41, 5.74) is 3.75. The van der Waals surface area contributed by atoms with Gasteiger partial charge in [0.1, 0.15) is 5.75 Å². The molecule has 0 fully saturated rings. The molecular formula is C24H21N3O3S2. The van der Waals surface area contributed by atoms with Crippen molar-refractivity contribution in [1.29, 1.82) is 0 Å². The number of thioether (sulfide) groups is 1. The number of para-hydroxylation sites is 2. The maximum atomic E-state index is 12.6. The predicted molar refractivity (Wildman–Crippen MR) is 131 cm³/mol. The van der Waals surface area contributed by atoms with Crippen molar-refractivity contribution in [2.24, 2.45) is 0 Å². The Morgan fingerprint density at radius 3 is 2.62 bits per heavy atom. The van der Waals surface area contributed by atoms with Crippen LogP contribution in [0.1, 0.15) is 15.9 Å². The molecule has 0 aliphatic rings. The van der Waals surface area contributed by atoms with E-state index in [1.54, 1.807) is 25.3 Å². The molecule has 2 amide bonds. The molecule has 162 valence electrons. The van der Waals surface area contributed by atoms with E-state index in [0.29, 0.717) is 22.7 Å². The third kappa shape index (κ3) is 5.09. The third-order valence-corrected chi connectivity index (χ3v) is 6.89. The number of hydrogen-bond donors (Lipinski definition) is 2. The molecule has 0 unspecified atom stereocenters. The second-order valence-corrected chi connectivity index (χ2v) is 9.22. The lowest BCUT2D eigenvalue weighted by Crippen LogP contribution is -2.14. The average Bonchev–Trinajstić information content (AvgIpc) is 3.20. The van der Waals surface area contributed by atoms with Gasteiger partial charge in [0.05, 0.1) is 28.8 Å². The van der Waals surface area contributed by atoms with Gasteiger partial charge in [-0.05, 0) is 48.9 Å². The number of rotatable bonds is 7. The summed E-state index contributed by atoms with van der Waals surface area (Å²) in [4.78, 5) is 29.5. The molecule has 0 aliphatic carbocycles. The zero-order valence-corrected chi connectivity index (χ0v) is 19.2. The van der Waals surface area contributed by atoms with Gasteiger partial charge < -0.3 is 15.4 Å². The summed E-state index contributed by atoms with van der Waals surface area (Å²) in [7, 11) is 1.57. The standard InChI is InChI=1S/C24H21N3O3S2/c1-15-7-3-4-8-17(15)23(29)25-16-11-12-19-21(13-16)32-24(27-19)31-14-22(28)26-18-9-5-6-10-20(18)30-2/h3-13H,14H2,1-2H3,(H,25,29)(H,26,28). The van der Waals surface area contributed by atoms with Crippen molar-refractivity contribution in [1.82, 2.24) is 4.98 Å². The highest BCUT2D eigenvalue weighted by molar-refractivity contribution is 8.01.